The molecule has 0 radical (unpaired) electrons. The van der Waals surface area contributed by atoms with Gasteiger partial charge in [0.2, 0.25) is 0 Å². The second-order valence-electron chi connectivity index (χ2n) is 4.62. The van der Waals surface area contributed by atoms with Crippen molar-refractivity contribution in [3.8, 4) is 0 Å². The van der Waals surface area contributed by atoms with Crippen molar-refractivity contribution in [2.75, 3.05) is 38.8 Å². The molecule has 1 aliphatic rings. The van der Waals surface area contributed by atoms with E-state index in [4.69, 9.17) is 16.3 Å². The molecule has 2 heterocycles. The minimum absolute atomic E-state index is 0.686. The monoisotopic (exact) mass is 281 g/mol. The zero-order valence-electron chi connectivity index (χ0n) is 11.4. The summed E-state index contributed by atoms with van der Waals surface area (Å²) in [5, 5.41) is 3.80. The summed E-state index contributed by atoms with van der Waals surface area (Å²) >= 11 is 6.13. The van der Waals surface area contributed by atoms with Crippen LogP contribution in [-0.4, -0.2) is 38.8 Å². The fraction of sp³-hybridized carbons (Fsp3) is 0.500. The molecule has 104 valence electrons. The van der Waals surface area contributed by atoms with Gasteiger partial charge < -0.3 is 15.0 Å². The van der Waals surface area contributed by atoms with E-state index in [0.29, 0.717) is 11.6 Å². The number of halogens is 1. The molecule has 0 spiro atoms. The van der Waals surface area contributed by atoms with Crippen LogP contribution in [0.5, 0.6) is 0 Å². The maximum atomic E-state index is 6.13. The molecule has 0 unspecified atom stereocenters. The number of nitrogens with zero attached hydrogens (tertiary/aromatic N) is 2. The Morgan fingerprint density at radius 3 is 2.95 bits per heavy atom. The summed E-state index contributed by atoms with van der Waals surface area (Å²) in [7, 11) is 3.63. The van der Waals surface area contributed by atoms with Gasteiger partial charge in [0.15, 0.2) is 0 Å². The van der Waals surface area contributed by atoms with Crippen molar-refractivity contribution in [2.24, 2.45) is 0 Å². The lowest BCUT2D eigenvalue weighted by atomic mass is 10.1. The predicted octanol–water partition coefficient (Wildman–Crippen LogP) is 2.24. The van der Waals surface area contributed by atoms with Crippen LogP contribution in [0.3, 0.4) is 0 Å². The molecule has 0 atom stereocenters. The number of nitrogens with one attached hydrogen (secondary N) is 1. The Hall–Kier alpha value is -1.10. The summed E-state index contributed by atoms with van der Waals surface area (Å²) in [5.41, 5.74) is 2.26. The second-order valence-corrected chi connectivity index (χ2v) is 5.03. The van der Waals surface area contributed by atoms with Crippen molar-refractivity contribution < 1.29 is 4.74 Å². The summed E-state index contributed by atoms with van der Waals surface area (Å²) in [6.45, 7) is 3.27. The summed E-state index contributed by atoms with van der Waals surface area (Å²) in [4.78, 5) is 6.89. The minimum Gasteiger partial charge on any atom is -0.380 e. The van der Waals surface area contributed by atoms with Crippen LogP contribution >= 0.6 is 11.6 Å². The molecule has 0 fully saturated rings. The normalized spacial score (nSPS) is 15.5. The maximum Gasteiger partial charge on any atom is 0.129 e. The highest BCUT2D eigenvalue weighted by atomic mass is 35.5. The molecule has 5 heteroatoms. The van der Waals surface area contributed by atoms with E-state index in [1.54, 1.807) is 7.11 Å². The Balaban J connectivity index is 2.09. The number of pyridine rings is 1. The molecule has 0 saturated carbocycles. The molecule has 2 rings (SSSR count). The largest absolute Gasteiger partial charge is 0.380 e. The summed E-state index contributed by atoms with van der Waals surface area (Å²) in [5.74, 6) is 0.988. The van der Waals surface area contributed by atoms with E-state index in [1.807, 2.05) is 19.2 Å². The Kier molecular flexibility index (Phi) is 5.19. The van der Waals surface area contributed by atoms with E-state index < -0.39 is 0 Å². The van der Waals surface area contributed by atoms with Gasteiger partial charge in [-0.25, -0.2) is 4.98 Å². The number of anilines is 1. The highest BCUT2D eigenvalue weighted by Crippen LogP contribution is 2.22. The molecule has 0 bridgehead atoms. The van der Waals surface area contributed by atoms with Crippen LogP contribution < -0.4 is 10.2 Å². The molecular formula is C14H20ClN3O. The van der Waals surface area contributed by atoms with E-state index in [-0.39, 0.29) is 0 Å². The van der Waals surface area contributed by atoms with Gasteiger partial charge >= 0.3 is 0 Å². The molecule has 1 N–H and O–H groups in total. The third-order valence-corrected chi connectivity index (χ3v) is 3.55. The molecule has 19 heavy (non-hydrogen) atoms. The number of hydrogen-bond donors (Lipinski definition) is 1. The second kappa shape index (κ2) is 6.89. The zero-order valence-corrected chi connectivity index (χ0v) is 12.2. The highest BCUT2D eigenvalue weighted by Gasteiger charge is 2.14. The maximum absolute atomic E-state index is 6.13. The molecule has 0 amide bonds. The number of aromatic nitrogens is 1. The number of ether oxygens (including phenoxy) is 1. The van der Waals surface area contributed by atoms with Crippen molar-refractivity contribution in [3.63, 3.8) is 0 Å². The van der Waals surface area contributed by atoms with Crippen molar-refractivity contribution in [3.05, 3.63) is 34.5 Å². The van der Waals surface area contributed by atoms with Gasteiger partial charge in [0.1, 0.15) is 5.82 Å². The molecule has 1 aromatic rings. The van der Waals surface area contributed by atoms with Gasteiger partial charge in [-0.2, -0.15) is 0 Å². The third-order valence-electron chi connectivity index (χ3n) is 3.21. The van der Waals surface area contributed by atoms with Crippen LogP contribution in [0.25, 0.3) is 0 Å². The number of methoxy groups -OCH3 is 1. The van der Waals surface area contributed by atoms with Crippen molar-refractivity contribution in [2.45, 2.75) is 13.0 Å². The van der Waals surface area contributed by atoms with Gasteiger partial charge in [-0.1, -0.05) is 17.7 Å². The Morgan fingerprint density at radius 2 is 2.32 bits per heavy atom. The van der Waals surface area contributed by atoms with Crippen molar-refractivity contribution >= 4 is 17.4 Å². The zero-order chi connectivity index (χ0) is 13.7. The lowest BCUT2D eigenvalue weighted by Gasteiger charge is -2.27. The molecule has 0 aliphatic carbocycles. The van der Waals surface area contributed by atoms with Gasteiger partial charge in [-0.05, 0) is 31.2 Å². The fourth-order valence-corrected chi connectivity index (χ4v) is 2.35. The average molecular weight is 282 g/mol. The first-order valence-electron chi connectivity index (χ1n) is 6.46. The van der Waals surface area contributed by atoms with Crippen LogP contribution in [-0.2, 0) is 11.3 Å². The van der Waals surface area contributed by atoms with E-state index >= 15 is 0 Å². The van der Waals surface area contributed by atoms with Crippen LogP contribution in [0.2, 0.25) is 5.02 Å². The van der Waals surface area contributed by atoms with E-state index in [1.165, 1.54) is 5.57 Å². The molecule has 4 nitrogen and oxygen atoms in total. The topological polar surface area (TPSA) is 37.4 Å². The quantitative estimate of drug-likeness (QED) is 0.840. The Labute approximate surface area is 119 Å². The van der Waals surface area contributed by atoms with Crippen LogP contribution in [0.4, 0.5) is 5.82 Å². The average Bonchev–Trinajstić information content (AvgIpc) is 2.43. The van der Waals surface area contributed by atoms with Gasteiger partial charge in [0.25, 0.3) is 0 Å². The first-order chi connectivity index (χ1) is 9.24. The summed E-state index contributed by atoms with van der Waals surface area (Å²) in [6, 6.07) is 3.90. The summed E-state index contributed by atoms with van der Waals surface area (Å²) < 4.78 is 5.16. The van der Waals surface area contributed by atoms with E-state index in [0.717, 1.165) is 37.6 Å². The SMILES string of the molecule is CNCc1nc(N2CC=C(COC)CC2)ccc1Cl. The lowest BCUT2D eigenvalue weighted by molar-refractivity contribution is 0.222. The molecular weight excluding hydrogens is 262 g/mol. The minimum atomic E-state index is 0.686. The van der Waals surface area contributed by atoms with Crippen LogP contribution in [0.15, 0.2) is 23.8 Å². The molecule has 1 aliphatic heterocycles. The van der Waals surface area contributed by atoms with Gasteiger partial charge in [-0.15, -0.1) is 0 Å². The Morgan fingerprint density at radius 1 is 1.47 bits per heavy atom. The van der Waals surface area contributed by atoms with Gasteiger partial charge in [-0.3, -0.25) is 0 Å². The first-order valence-corrected chi connectivity index (χ1v) is 6.84. The predicted molar refractivity (Wildman–Crippen MR) is 78.8 cm³/mol. The van der Waals surface area contributed by atoms with Crippen LogP contribution in [0, 0.1) is 0 Å². The lowest BCUT2D eigenvalue weighted by Crippen LogP contribution is -2.30. The number of hydrogen-bond acceptors (Lipinski definition) is 4. The van der Waals surface area contributed by atoms with E-state index in [9.17, 15) is 0 Å². The standard InChI is InChI=1S/C14H20ClN3O/c1-16-9-13-12(15)3-4-14(17-13)18-7-5-11(6-8-18)10-19-2/h3-5,16H,6-10H2,1-2H3. The Bertz CT molecular complexity index is 462. The fourth-order valence-electron chi connectivity index (χ4n) is 2.18. The van der Waals surface area contributed by atoms with Crippen LogP contribution in [0.1, 0.15) is 12.1 Å². The van der Waals surface area contributed by atoms with Crippen molar-refractivity contribution in [1.29, 1.82) is 0 Å². The van der Waals surface area contributed by atoms with Gasteiger partial charge in [0.05, 0.1) is 17.3 Å². The molecule has 0 aromatic carbocycles. The summed E-state index contributed by atoms with van der Waals surface area (Å²) in [6.07, 6.45) is 3.25. The van der Waals surface area contributed by atoms with E-state index in [2.05, 4.69) is 21.3 Å². The van der Waals surface area contributed by atoms with Crippen molar-refractivity contribution in [1.82, 2.24) is 10.3 Å². The molecule has 1 aromatic heterocycles. The number of rotatable bonds is 5. The highest BCUT2D eigenvalue weighted by molar-refractivity contribution is 6.31. The smallest absolute Gasteiger partial charge is 0.129 e. The third kappa shape index (κ3) is 3.69. The first kappa shape index (κ1) is 14.3. The molecule has 0 saturated heterocycles. The van der Waals surface area contributed by atoms with Gasteiger partial charge in [0, 0.05) is 26.7 Å².